The smallest absolute Gasteiger partial charge is 0.274 e. The molecular weight excluding hydrogens is 246 g/mol. The maximum absolute atomic E-state index is 12.4. The van der Waals surface area contributed by atoms with E-state index >= 15 is 0 Å². The van der Waals surface area contributed by atoms with Gasteiger partial charge in [-0.1, -0.05) is 0 Å². The number of nitrogens with zero attached hydrogens (tertiary/aromatic N) is 4. The second kappa shape index (κ2) is 6.75. The zero-order chi connectivity index (χ0) is 14.4. The van der Waals surface area contributed by atoms with Crippen LogP contribution >= 0.6 is 0 Å². The number of anilines is 1. The summed E-state index contributed by atoms with van der Waals surface area (Å²) in [5, 5.41) is 12.8. The van der Waals surface area contributed by atoms with Gasteiger partial charge < -0.3 is 15.4 Å². The van der Waals surface area contributed by atoms with Gasteiger partial charge in [-0.05, 0) is 6.92 Å². The lowest BCUT2D eigenvalue weighted by atomic mass is 10.2. The van der Waals surface area contributed by atoms with E-state index in [0.717, 1.165) is 0 Å². The number of aryl methyl sites for hydroxylation is 2. The summed E-state index contributed by atoms with van der Waals surface area (Å²) in [4.78, 5) is 14.0. The van der Waals surface area contributed by atoms with Crippen LogP contribution in [0.4, 0.5) is 5.69 Å². The van der Waals surface area contributed by atoms with Gasteiger partial charge >= 0.3 is 0 Å². The summed E-state index contributed by atoms with van der Waals surface area (Å²) in [7, 11) is 3.24. The van der Waals surface area contributed by atoms with Crippen LogP contribution in [0.3, 0.4) is 0 Å². The molecule has 0 spiro atoms. The molecule has 0 aromatic carbocycles. The molecule has 0 fully saturated rings. The lowest BCUT2D eigenvalue weighted by Crippen LogP contribution is -2.36. The molecule has 1 amide bonds. The summed E-state index contributed by atoms with van der Waals surface area (Å²) < 4.78 is 6.44. The summed E-state index contributed by atoms with van der Waals surface area (Å²) in [6.07, 6.45) is 0.270. The van der Waals surface area contributed by atoms with E-state index in [9.17, 15) is 4.79 Å². The molecule has 7 heteroatoms. The van der Waals surface area contributed by atoms with Crippen LogP contribution < -0.4 is 5.73 Å². The fourth-order valence-corrected chi connectivity index (χ4v) is 1.78. The Balaban J connectivity index is 2.94. The molecule has 1 heterocycles. The number of hydrogen-bond donors (Lipinski definition) is 1. The topological polar surface area (TPSA) is 97.2 Å². The largest absolute Gasteiger partial charge is 0.395 e. The molecule has 0 aliphatic carbocycles. The fraction of sp³-hybridized carbons (Fsp3) is 0.583. The Kier molecular flexibility index (Phi) is 5.33. The van der Waals surface area contributed by atoms with Crippen LogP contribution in [0.15, 0.2) is 0 Å². The van der Waals surface area contributed by atoms with Crippen molar-refractivity contribution in [1.82, 2.24) is 14.7 Å². The van der Waals surface area contributed by atoms with Crippen molar-refractivity contribution in [2.24, 2.45) is 7.05 Å². The van der Waals surface area contributed by atoms with Crippen molar-refractivity contribution in [3.63, 3.8) is 0 Å². The Morgan fingerprint density at radius 3 is 2.74 bits per heavy atom. The molecule has 0 radical (unpaired) electrons. The first-order valence-electron chi connectivity index (χ1n) is 5.97. The summed E-state index contributed by atoms with van der Waals surface area (Å²) in [6, 6.07) is 2.03. The fourth-order valence-electron chi connectivity index (χ4n) is 1.78. The Morgan fingerprint density at radius 1 is 1.58 bits per heavy atom. The van der Waals surface area contributed by atoms with Gasteiger partial charge in [0.2, 0.25) is 0 Å². The average molecular weight is 265 g/mol. The predicted octanol–water partition coefficient (Wildman–Crippen LogP) is 0.313. The average Bonchev–Trinajstić information content (AvgIpc) is 2.63. The van der Waals surface area contributed by atoms with Crippen molar-refractivity contribution in [3.8, 4) is 6.07 Å². The van der Waals surface area contributed by atoms with Crippen LogP contribution in [0.1, 0.15) is 22.6 Å². The first kappa shape index (κ1) is 15.0. The molecular formula is C12H19N5O2. The lowest BCUT2D eigenvalue weighted by molar-refractivity contribution is 0.0690. The van der Waals surface area contributed by atoms with Crippen molar-refractivity contribution < 1.29 is 9.53 Å². The quantitative estimate of drug-likeness (QED) is 0.798. The Hall–Kier alpha value is -2.07. The highest BCUT2D eigenvalue weighted by Crippen LogP contribution is 2.17. The molecule has 1 rings (SSSR count). The monoisotopic (exact) mass is 265 g/mol. The van der Waals surface area contributed by atoms with Crippen molar-refractivity contribution in [2.45, 2.75) is 13.3 Å². The molecule has 1 aromatic heterocycles. The van der Waals surface area contributed by atoms with Crippen LogP contribution in [-0.2, 0) is 11.8 Å². The number of hydrogen-bond acceptors (Lipinski definition) is 5. The van der Waals surface area contributed by atoms with E-state index in [1.54, 1.807) is 26.0 Å². The number of nitrogens with two attached hydrogens (primary N) is 1. The van der Waals surface area contributed by atoms with Crippen LogP contribution in [0.25, 0.3) is 0 Å². The standard InChI is InChI=1S/C12H19N5O2/c1-9-10(14)11(16(2)15-9)12(18)17(6-4-5-13)7-8-19-3/h4,6-8,14H2,1-3H3. The van der Waals surface area contributed by atoms with Gasteiger partial charge in [-0.15, -0.1) is 0 Å². The van der Waals surface area contributed by atoms with E-state index in [0.29, 0.717) is 36.8 Å². The number of nitrogen functional groups attached to an aromatic ring is 1. The van der Waals surface area contributed by atoms with Crippen molar-refractivity contribution in [2.75, 3.05) is 32.5 Å². The Bertz CT molecular complexity index is 489. The minimum atomic E-state index is -0.229. The molecule has 0 bridgehead atoms. The SMILES string of the molecule is COCCN(CCC#N)C(=O)c1c(N)c(C)nn1C. The number of carbonyl (C=O) groups excluding carboxylic acids is 1. The van der Waals surface area contributed by atoms with E-state index in [2.05, 4.69) is 5.10 Å². The number of carbonyl (C=O) groups is 1. The van der Waals surface area contributed by atoms with Crippen LogP contribution in [0, 0.1) is 18.3 Å². The van der Waals surface area contributed by atoms with Crippen molar-refractivity contribution in [1.29, 1.82) is 5.26 Å². The van der Waals surface area contributed by atoms with Gasteiger partial charge in [0.1, 0.15) is 5.69 Å². The van der Waals surface area contributed by atoms with Gasteiger partial charge in [0, 0.05) is 27.2 Å². The summed E-state index contributed by atoms with van der Waals surface area (Å²) in [5.41, 5.74) is 7.23. The van der Waals surface area contributed by atoms with Crippen LogP contribution in [0.5, 0.6) is 0 Å². The molecule has 104 valence electrons. The zero-order valence-corrected chi connectivity index (χ0v) is 11.5. The number of ether oxygens (including phenoxy) is 1. The normalized spacial score (nSPS) is 10.2. The highest BCUT2D eigenvalue weighted by Gasteiger charge is 2.23. The predicted molar refractivity (Wildman–Crippen MR) is 70.4 cm³/mol. The Labute approximate surface area is 112 Å². The molecule has 0 unspecified atom stereocenters. The van der Waals surface area contributed by atoms with E-state index in [1.807, 2.05) is 6.07 Å². The second-order valence-corrected chi connectivity index (χ2v) is 4.16. The number of aromatic nitrogens is 2. The minimum absolute atomic E-state index is 0.229. The van der Waals surface area contributed by atoms with Gasteiger partial charge in [-0.25, -0.2) is 0 Å². The number of rotatable bonds is 6. The zero-order valence-electron chi connectivity index (χ0n) is 11.5. The second-order valence-electron chi connectivity index (χ2n) is 4.16. The van der Waals surface area contributed by atoms with E-state index < -0.39 is 0 Å². The summed E-state index contributed by atoms with van der Waals surface area (Å²) in [5.74, 6) is -0.229. The number of nitriles is 1. The van der Waals surface area contributed by atoms with E-state index in [1.165, 1.54) is 4.68 Å². The number of amides is 1. The molecule has 0 atom stereocenters. The van der Waals surface area contributed by atoms with Crippen molar-refractivity contribution in [3.05, 3.63) is 11.4 Å². The highest BCUT2D eigenvalue weighted by atomic mass is 16.5. The maximum atomic E-state index is 12.4. The van der Waals surface area contributed by atoms with Gasteiger partial charge in [-0.2, -0.15) is 10.4 Å². The summed E-state index contributed by atoms with van der Waals surface area (Å²) >= 11 is 0. The van der Waals surface area contributed by atoms with Crippen LogP contribution in [-0.4, -0.2) is 47.4 Å². The molecule has 0 saturated carbocycles. The third-order valence-corrected chi connectivity index (χ3v) is 2.82. The van der Waals surface area contributed by atoms with Crippen molar-refractivity contribution >= 4 is 11.6 Å². The molecule has 7 nitrogen and oxygen atoms in total. The molecule has 0 aliphatic heterocycles. The maximum Gasteiger partial charge on any atom is 0.274 e. The lowest BCUT2D eigenvalue weighted by Gasteiger charge is -2.21. The first-order chi connectivity index (χ1) is 9.02. The van der Waals surface area contributed by atoms with Gasteiger partial charge in [0.25, 0.3) is 5.91 Å². The van der Waals surface area contributed by atoms with Gasteiger partial charge in [0.15, 0.2) is 0 Å². The third kappa shape index (κ3) is 3.45. The molecule has 2 N–H and O–H groups in total. The molecule has 1 aromatic rings. The van der Waals surface area contributed by atoms with Gasteiger partial charge in [0.05, 0.1) is 30.5 Å². The number of methoxy groups -OCH3 is 1. The van der Waals surface area contributed by atoms with Crippen LogP contribution in [0.2, 0.25) is 0 Å². The minimum Gasteiger partial charge on any atom is -0.395 e. The summed E-state index contributed by atoms with van der Waals surface area (Å²) in [6.45, 7) is 2.93. The first-order valence-corrected chi connectivity index (χ1v) is 5.97. The Morgan fingerprint density at radius 2 is 2.26 bits per heavy atom. The highest BCUT2D eigenvalue weighted by molar-refractivity contribution is 5.98. The van der Waals surface area contributed by atoms with E-state index in [-0.39, 0.29) is 12.3 Å². The third-order valence-electron chi connectivity index (χ3n) is 2.82. The molecule has 0 saturated heterocycles. The molecule has 19 heavy (non-hydrogen) atoms. The molecule has 0 aliphatic rings. The van der Waals surface area contributed by atoms with E-state index in [4.69, 9.17) is 15.7 Å². The van der Waals surface area contributed by atoms with Gasteiger partial charge in [-0.3, -0.25) is 9.48 Å².